The van der Waals surface area contributed by atoms with Crippen molar-refractivity contribution in [2.24, 2.45) is 5.41 Å². The van der Waals surface area contributed by atoms with E-state index in [1.165, 1.54) is 0 Å². The molecule has 1 saturated heterocycles. The SMILES string of the molecule is COCCCOCCC1(CNC(C)(C)C)CCOCC1. The molecule has 1 N–H and O–H groups in total. The quantitative estimate of drug-likeness (QED) is 0.662. The van der Waals surface area contributed by atoms with Crippen LogP contribution in [-0.2, 0) is 14.2 Å². The van der Waals surface area contributed by atoms with Gasteiger partial charge in [0.15, 0.2) is 0 Å². The maximum atomic E-state index is 5.75. The van der Waals surface area contributed by atoms with Gasteiger partial charge in [0.25, 0.3) is 0 Å². The molecule has 0 aromatic heterocycles. The zero-order valence-electron chi connectivity index (χ0n) is 13.8. The van der Waals surface area contributed by atoms with E-state index in [0.29, 0.717) is 5.41 Å². The summed E-state index contributed by atoms with van der Waals surface area (Å²) in [6, 6.07) is 0. The van der Waals surface area contributed by atoms with Gasteiger partial charge in [-0.25, -0.2) is 0 Å². The number of ether oxygens (including phenoxy) is 3. The Kier molecular flexibility index (Phi) is 8.03. The Bertz CT molecular complexity index is 245. The van der Waals surface area contributed by atoms with Crippen LogP contribution in [0.5, 0.6) is 0 Å². The molecule has 20 heavy (non-hydrogen) atoms. The minimum absolute atomic E-state index is 0.171. The first kappa shape index (κ1) is 17.9. The highest BCUT2D eigenvalue weighted by atomic mass is 16.5. The van der Waals surface area contributed by atoms with E-state index in [9.17, 15) is 0 Å². The highest BCUT2D eigenvalue weighted by molar-refractivity contribution is 4.86. The van der Waals surface area contributed by atoms with Gasteiger partial charge in [0, 0.05) is 52.2 Å². The van der Waals surface area contributed by atoms with Gasteiger partial charge >= 0.3 is 0 Å². The van der Waals surface area contributed by atoms with Crippen molar-refractivity contribution in [3.63, 3.8) is 0 Å². The highest BCUT2D eigenvalue weighted by Gasteiger charge is 2.33. The second-order valence-corrected chi connectivity index (χ2v) is 6.92. The molecule has 0 atom stereocenters. The summed E-state index contributed by atoms with van der Waals surface area (Å²) in [6.45, 7) is 11.9. The highest BCUT2D eigenvalue weighted by Crippen LogP contribution is 2.34. The van der Waals surface area contributed by atoms with E-state index in [0.717, 1.165) is 65.3 Å². The van der Waals surface area contributed by atoms with E-state index in [2.05, 4.69) is 26.1 Å². The molecule has 1 rings (SSSR count). The van der Waals surface area contributed by atoms with Crippen molar-refractivity contribution in [1.82, 2.24) is 5.32 Å². The molecule has 0 aromatic rings. The van der Waals surface area contributed by atoms with Crippen molar-refractivity contribution < 1.29 is 14.2 Å². The van der Waals surface area contributed by atoms with E-state index >= 15 is 0 Å². The Labute approximate surface area is 124 Å². The molecule has 1 aliphatic heterocycles. The van der Waals surface area contributed by atoms with Crippen molar-refractivity contribution in [2.75, 3.05) is 46.7 Å². The zero-order valence-corrected chi connectivity index (χ0v) is 13.8. The van der Waals surface area contributed by atoms with Gasteiger partial charge in [-0.1, -0.05) is 0 Å². The minimum Gasteiger partial charge on any atom is -0.385 e. The third-order valence-corrected chi connectivity index (χ3v) is 3.96. The van der Waals surface area contributed by atoms with Crippen LogP contribution in [0.3, 0.4) is 0 Å². The lowest BCUT2D eigenvalue weighted by molar-refractivity contribution is -0.0101. The van der Waals surface area contributed by atoms with Gasteiger partial charge in [0.2, 0.25) is 0 Å². The molecule has 0 radical (unpaired) electrons. The molecule has 0 aromatic carbocycles. The maximum absolute atomic E-state index is 5.75. The summed E-state index contributed by atoms with van der Waals surface area (Å²) >= 11 is 0. The number of nitrogens with one attached hydrogen (secondary N) is 1. The summed E-state index contributed by atoms with van der Waals surface area (Å²) in [7, 11) is 1.73. The van der Waals surface area contributed by atoms with Crippen molar-refractivity contribution in [1.29, 1.82) is 0 Å². The topological polar surface area (TPSA) is 39.7 Å². The lowest BCUT2D eigenvalue weighted by Crippen LogP contribution is -2.46. The Hall–Kier alpha value is -0.160. The molecule has 4 nitrogen and oxygen atoms in total. The maximum Gasteiger partial charge on any atom is 0.0487 e. The fourth-order valence-electron chi connectivity index (χ4n) is 2.47. The normalized spacial score (nSPS) is 19.2. The smallest absolute Gasteiger partial charge is 0.0487 e. The molecule has 0 saturated carbocycles. The first-order chi connectivity index (χ1) is 9.47. The molecule has 1 aliphatic rings. The predicted octanol–water partition coefficient (Wildman–Crippen LogP) is 2.61. The van der Waals surface area contributed by atoms with E-state index in [1.54, 1.807) is 7.11 Å². The van der Waals surface area contributed by atoms with Gasteiger partial charge in [-0.05, 0) is 51.9 Å². The van der Waals surface area contributed by atoms with Gasteiger partial charge in [-0.3, -0.25) is 0 Å². The molecule has 0 amide bonds. The summed E-state index contributed by atoms with van der Waals surface area (Å²) in [6.07, 6.45) is 4.37. The summed E-state index contributed by atoms with van der Waals surface area (Å²) in [5.74, 6) is 0. The minimum atomic E-state index is 0.171. The van der Waals surface area contributed by atoms with Crippen LogP contribution in [-0.4, -0.2) is 52.2 Å². The van der Waals surface area contributed by atoms with E-state index in [-0.39, 0.29) is 5.54 Å². The molecular formula is C16H33NO3. The largest absolute Gasteiger partial charge is 0.385 e. The number of rotatable bonds is 9. The van der Waals surface area contributed by atoms with Crippen molar-refractivity contribution in [2.45, 2.75) is 52.0 Å². The van der Waals surface area contributed by atoms with Crippen LogP contribution in [0.25, 0.3) is 0 Å². The lowest BCUT2D eigenvalue weighted by atomic mass is 9.77. The van der Waals surface area contributed by atoms with Crippen molar-refractivity contribution in [3.8, 4) is 0 Å². The predicted molar refractivity (Wildman–Crippen MR) is 82.2 cm³/mol. The van der Waals surface area contributed by atoms with E-state index < -0.39 is 0 Å². The second kappa shape index (κ2) is 8.98. The standard InChI is InChI=1S/C16H33NO3/c1-15(2,3)17-14-16(7-12-20-13-8-16)6-11-19-10-5-9-18-4/h17H,5-14H2,1-4H3. The van der Waals surface area contributed by atoms with Gasteiger partial charge in [-0.2, -0.15) is 0 Å². The lowest BCUT2D eigenvalue weighted by Gasteiger charge is -2.39. The molecule has 1 heterocycles. The average Bonchev–Trinajstić information content (AvgIpc) is 2.41. The van der Waals surface area contributed by atoms with Crippen LogP contribution in [0, 0.1) is 5.41 Å². The molecule has 1 fully saturated rings. The second-order valence-electron chi connectivity index (χ2n) is 6.92. The van der Waals surface area contributed by atoms with Crippen molar-refractivity contribution >= 4 is 0 Å². The third-order valence-electron chi connectivity index (χ3n) is 3.96. The van der Waals surface area contributed by atoms with Gasteiger partial charge in [0.1, 0.15) is 0 Å². The summed E-state index contributed by atoms with van der Waals surface area (Å²) in [5.41, 5.74) is 0.511. The Morgan fingerprint density at radius 3 is 2.40 bits per heavy atom. The van der Waals surface area contributed by atoms with Crippen molar-refractivity contribution in [3.05, 3.63) is 0 Å². The first-order valence-corrected chi connectivity index (χ1v) is 7.87. The van der Waals surface area contributed by atoms with E-state index in [4.69, 9.17) is 14.2 Å². The van der Waals surface area contributed by atoms with Crippen LogP contribution < -0.4 is 5.32 Å². The molecule has 4 heteroatoms. The molecule has 120 valence electrons. The third kappa shape index (κ3) is 7.58. The van der Waals surface area contributed by atoms with E-state index in [1.807, 2.05) is 0 Å². The van der Waals surface area contributed by atoms with Gasteiger partial charge < -0.3 is 19.5 Å². The Balaban J connectivity index is 2.31. The van der Waals surface area contributed by atoms with Crippen LogP contribution in [0.1, 0.15) is 46.5 Å². The van der Waals surface area contributed by atoms with Gasteiger partial charge in [0.05, 0.1) is 0 Å². The summed E-state index contributed by atoms with van der Waals surface area (Å²) in [4.78, 5) is 0. The average molecular weight is 287 g/mol. The fraction of sp³-hybridized carbons (Fsp3) is 1.00. The zero-order chi connectivity index (χ0) is 14.9. The fourth-order valence-corrected chi connectivity index (χ4v) is 2.47. The molecule has 0 unspecified atom stereocenters. The van der Waals surface area contributed by atoms with Crippen LogP contribution in [0.2, 0.25) is 0 Å². The molecule has 0 aliphatic carbocycles. The summed E-state index contributed by atoms with van der Waals surface area (Å²) in [5, 5.41) is 3.66. The van der Waals surface area contributed by atoms with Gasteiger partial charge in [-0.15, -0.1) is 0 Å². The van der Waals surface area contributed by atoms with Crippen LogP contribution in [0.4, 0.5) is 0 Å². The number of hydrogen-bond acceptors (Lipinski definition) is 4. The number of hydrogen-bond donors (Lipinski definition) is 1. The molecular weight excluding hydrogens is 254 g/mol. The number of methoxy groups -OCH3 is 1. The van der Waals surface area contributed by atoms with Crippen LogP contribution >= 0.6 is 0 Å². The Morgan fingerprint density at radius 2 is 1.80 bits per heavy atom. The summed E-state index contributed by atoms with van der Waals surface area (Å²) < 4.78 is 16.3. The first-order valence-electron chi connectivity index (χ1n) is 7.87. The Morgan fingerprint density at radius 1 is 1.10 bits per heavy atom. The molecule has 0 bridgehead atoms. The molecule has 0 spiro atoms. The monoisotopic (exact) mass is 287 g/mol. The van der Waals surface area contributed by atoms with Crippen LogP contribution in [0.15, 0.2) is 0 Å².